The van der Waals surface area contributed by atoms with Crippen LogP contribution in [-0.2, 0) is 5.60 Å². The summed E-state index contributed by atoms with van der Waals surface area (Å²) in [7, 11) is 0. The number of hydrogen-bond donors (Lipinski definition) is 3. The van der Waals surface area contributed by atoms with Gasteiger partial charge in [0.15, 0.2) is 0 Å². The van der Waals surface area contributed by atoms with E-state index in [-0.39, 0.29) is 0 Å². The Morgan fingerprint density at radius 2 is 2.40 bits per heavy atom. The first-order valence-electron chi connectivity index (χ1n) is 3.24. The normalized spacial score (nSPS) is 20.9. The first-order chi connectivity index (χ1) is 4.71. The minimum absolute atomic E-state index is 0.440. The minimum Gasteiger partial charge on any atom is -0.384 e. The summed E-state index contributed by atoms with van der Waals surface area (Å²) < 4.78 is 0. The molecule has 0 spiro atoms. The van der Waals surface area contributed by atoms with E-state index in [1.54, 1.807) is 6.07 Å². The molecule has 0 radical (unpaired) electrons. The van der Waals surface area contributed by atoms with E-state index in [2.05, 4.69) is 10.2 Å². The Balaban J connectivity index is 2.34. The molecule has 1 heterocycles. The molecule has 10 heavy (non-hydrogen) atoms. The average Bonchev–Trinajstić information content (AvgIpc) is 2.45. The topological polar surface area (TPSA) is 74.9 Å². The van der Waals surface area contributed by atoms with Crippen molar-refractivity contribution in [3.63, 3.8) is 0 Å². The van der Waals surface area contributed by atoms with Gasteiger partial charge in [0.2, 0.25) is 0 Å². The molecular formula is C6H9N3O. The molecule has 0 bridgehead atoms. The van der Waals surface area contributed by atoms with Crippen molar-refractivity contribution in [1.82, 2.24) is 10.2 Å². The number of nitrogen functional groups attached to an aromatic ring is 1. The predicted molar refractivity (Wildman–Crippen MR) is 36.1 cm³/mol. The van der Waals surface area contributed by atoms with Crippen LogP contribution in [0.1, 0.15) is 18.5 Å². The second kappa shape index (κ2) is 1.52. The van der Waals surface area contributed by atoms with Gasteiger partial charge in [-0.15, -0.1) is 0 Å². The number of nitrogens with two attached hydrogens (primary N) is 1. The Hall–Kier alpha value is -1.03. The number of anilines is 1. The minimum atomic E-state index is -0.634. The third-order valence-electron chi connectivity index (χ3n) is 1.82. The Kier molecular flexibility index (Phi) is 0.870. The Bertz CT molecular complexity index is 251. The van der Waals surface area contributed by atoms with E-state index in [1.165, 1.54) is 0 Å². The van der Waals surface area contributed by atoms with Crippen LogP contribution in [0.3, 0.4) is 0 Å². The summed E-state index contributed by atoms with van der Waals surface area (Å²) in [5, 5.41) is 15.9. The van der Waals surface area contributed by atoms with Crippen molar-refractivity contribution in [1.29, 1.82) is 0 Å². The Morgan fingerprint density at radius 3 is 2.80 bits per heavy atom. The molecule has 0 aromatic carbocycles. The van der Waals surface area contributed by atoms with Gasteiger partial charge in [0.1, 0.15) is 11.4 Å². The monoisotopic (exact) mass is 139 g/mol. The SMILES string of the molecule is Nc1cc(C2(O)CC2)[nH]n1. The van der Waals surface area contributed by atoms with Crippen LogP contribution >= 0.6 is 0 Å². The Morgan fingerprint density at radius 1 is 1.70 bits per heavy atom. The number of hydrogen-bond acceptors (Lipinski definition) is 3. The molecular weight excluding hydrogens is 130 g/mol. The largest absolute Gasteiger partial charge is 0.384 e. The van der Waals surface area contributed by atoms with E-state index in [0.29, 0.717) is 5.82 Å². The van der Waals surface area contributed by atoms with E-state index in [0.717, 1.165) is 18.5 Å². The number of rotatable bonds is 1. The molecule has 4 heteroatoms. The maximum absolute atomic E-state index is 9.49. The second-order valence-electron chi connectivity index (χ2n) is 2.74. The smallest absolute Gasteiger partial charge is 0.145 e. The zero-order valence-corrected chi connectivity index (χ0v) is 5.46. The maximum atomic E-state index is 9.49. The highest BCUT2D eigenvalue weighted by Gasteiger charge is 2.43. The molecule has 1 aliphatic carbocycles. The summed E-state index contributed by atoms with van der Waals surface area (Å²) in [5.74, 6) is 0.440. The summed E-state index contributed by atoms with van der Waals surface area (Å²) in [6.07, 6.45) is 1.63. The standard InChI is InChI=1S/C6H9N3O/c7-5-3-4(8-9-5)6(10)1-2-6/h3,10H,1-2H2,(H3,7,8,9). The zero-order valence-electron chi connectivity index (χ0n) is 5.46. The maximum Gasteiger partial charge on any atom is 0.145 e. The van der Waals surface area contributed by atoms with Gasteiger partial charge in [-0.1, -0.05) is 0 Å². The number of nitrogens with one attached hydrogen (secondary N) is 1. The van der Waals surface area contributed by atoms with E-state index in [4.69, 9.17) is 5.73 Å². The summed E-state index contributed by atoms with van der Waals surface area (Å²) in [6.45, 7) is 0. The molecule has 4 N–H and O–H groups in total. The molecule has 2 rings (SSSR count). The van der Waals surface area contributed by atoms with Crippen molar-refractivity contribution in [3.05, 3.63) is 11.8 Å². The average molecular weight is 139 g/mol. The van der Waals surface area contributed by atoms with Gasteiger partial charge in [-0.3, -0.25) is 5.10 Å². The van der Waals surface area contributed by atoms with Gasteiger partial charge in [-0.05, 0) is 12.8 Å². The molecule has 1 aromatic rings. The molecule has 1 fully saturated rings. The molecule has 0 aliphatic heterocycles. The quantitative estimate of drug-likeness (QED) is 0.511. The van der Waals surface area contributed by atoms with Crippen LogP contribution < -0.4 is 5.73 Å². The number of aliphatic hydroxyl groups is 1. The first kappa shape index (κ1) is 5.73. The summed E-state index contributed by atoms with van der Waals surface area (Å²) in [5.41, 5.74) is 5.46. The highest BCUT2D eigenvalue weighted by Crippen LogP contribution is 2.44. The lowest BCUT2D eigenvalue weighted by Gasteiger charge is -2.00. The summed E-state index contributed by atoms with van der Waals surface area (Å²) in [6, 6.07) is 1.67. The van der Waals surface area contributed by atoms with Crippen molar-refractivity contribution in [2.24, 2.45) is 0 Å². The Labute approximate surface area is 58.1 Å². The van der Waals surface area contributed by atoms with Crippen molar-refractivity contribution >= 4 is 5.82 Å². The third kappa shape index (κ3) is 0.690. The lowest BCUT2D eigenvalue weighted by molar-refractivity contribution is 0.146. The lowest BCUT2D eigenvalue weighted by Crippen LogP contribution is -2.03. The van der Waals surface area contributed by atoms with Gasteiger partial charge in [-0.25, -0.2) is 0 Å². The van der Waals surface area contributed by atoms with E-state index in [9.17, 15) is 5.11 Å². The lowest BCUT2D eigenvalue weighted by atomic mass is 10.2. The molecule has 54 valence electrons. The number of aromatic amines is 1. The highest BCUT2D eigenvalue weighted by atomic mass is 16.3. The zero-order chi connectivity index (χ0) is 7.19. The first-order valence-corrected chi connectivity index (χ1v) is 3.24. The molecule has 4 nitrogen and oxygen atoms in total. The van der Waals surface area contributed by atoms with Gasteiger partial charge in [0.05, 0.1) is 5.69 Å². The highest BCUT2D eigenvalue weighted by molar-refractivity contribution is 5.33. The van der Waals surface area contributed by atoms with Crippen LogP contribution in [0, 0.1) is 0 Å². The fourth-order valence-corrected chi connectivity index (χ4v) is 0.963. The summed E-state index contributed by atoms with van der Waals surface area (Å²) >= 11 is 0. The van der Waals surface area contributed by atoms with E-state index < -0.39 is 5.60 Å². The molecule has 0 amide bonds. The molecule has 0 atom stereocenters. The van der Waals surface area contributed by atoms with Crippen molar-refractivity contribution in [2.75, 3.05) is 5.73 Å². The molecule has 1 aliphatic rings. The molecule has 1 saturated carbocycles. The predicted octanol–water partition coefficient (Wildman–Crippen LogP) is -0.0267. The van der Waals surface area contributed by atoms with E-state index in [1.807, 2.05) is 0 Å². The molecule has 0 saturated heterocycles. The van der Waals surface area contributed by atoms with Crippen molar-refractivity contribution in [2.45, 2.75) is 18.4 Å². The van der Waals surface area contributed by atoms with Gasteiger partial charge < -0.3 is 10.8 Å². The van der Waals surface area contributed by atoms with Crippen LogP contribution in [-0.4, -0.2) is 15.3 Å². The van der Waals surface area contributed by atoms with Gasteiger partial charge in [-0.2, -0.15) is 5.10 Å². The molecule has 0 unspecified atom stereocenters. The van der Waals surface area contributed by atoms with Gasteiger partial charge in [0.25, 0.3) is 0 Å². The van der Waals surface area contributed by atoms with E-state index >= 15 is 0 Å². The van der Waals surface area contributed by atoms with Crippen molar-refractivity contribution in [3.8, 4) is 0 Å². The van der Waals surface area contributed by atoms with Crippen LogP contribution in [0.25, 0.3) is 0 Å². The number of nitrogens with zero attached hydrogens (tertiary/aromatic N) is 1. The van der Waals surface area contributed by atoms with Crippen molar-refractivity contribution < 1.29 is 5.11 Å². The van der Waals surface area contributed by atoms with Gasteiger partial charge >= 0.3 is 0 Å². The fraction of sp³-hybridized carbons (Fsp3) is 0.500. The fourth-order valence-electron chi connectivity index (χ4n) is 0.963. The number of H-pyrrole nitrogens is 1. The van der Waals surface area contributed by atoms with Crippen LogP contribution in [0.2, 0.25) is 0 Å². The van der Waals surface area contributed by atoms with Gasteiger partial charge in [0, 0.05) is 6.07 Å². The van der Waals surface area contributed by atoms with Crippen LogP contribution in [0.4, 0.5) is 5.82 Å². The van der Waals surface area contributed by atoms with Crippen LogP contribution in [0.15, 0.2) is 6.07 Å². The number of aromatic nitrogens is 2. The third-order valence-corrected chi connectivity index (χ3v) is 1.82. The second-order valence-corrected chi connectivity index (χ2v) is 2.74. The molecule has 1 aromatic heterocycles. The summed E-state index contributed by atoms with van der Waals surface area (Å²) in [4.78, 5) is 0. The van der Waals surface area contributed by atoms with Crippen LogP contribution in [0.5, 0.6) is 0 Å².